The van der Waals surface area contributed by atoms with E-state index in [9.17, 15) is 14.4 Å². The number of carboxylic acids is 1. The summed E-state index contributed by atoms with van der Waals surface area (Å²) in [4.78, 5) is 35.3. The van der Waals surface area contributed by atoms with Crippen molar-refractivity contribution in [3.05, 3.63) is 23.2 Å². The quantitative estimate of drug-likeness (QED) is 0.736. The van der Waals surface area contributed by atoms with Crippen LogP contribution in [0.3, 0.4) is 0 Å². The SMILES string of the molecule is Cc1oc(CNC(=O)N2CCC(C(N)=O)C2)cc1C(=O)O. The van der Waals surface area contributed by atoms with E-state index in [4.69, 9.17) is 15.3 Å². The van der Waals surface area contributed by atoms with Gasteiger partial charge in [0.15, 0.2) is 0 Å². The molecule has 8 nitrogen and oxygen atoms in total. The minimum Gasteiger partial charge on any atom is -0.478 e. The molecule has 4 N–H and O–H groups in total. The van der Waals surface area contributed by atoms with Crippen molar-refractivity contribution in [2.45, 2.75) is 19.9 Å². The molecular weight excluding hydrogens is 278 g/mol. The lowest BCUT2D eigenvalue weighted by molar-refractivity contribution is -0.121. The number of aryl methyl sites for hydroxylation is 1. The number of nitrogens with one attached hydrogen (secondary N) is 1. The predicted molar refractivity (Wildman–Crippen MR) is 71.5 cm³/mol. The Kier molecular flexibility index (Phi) is 4.15. The number of carboxylic acid groups (broad SMARTS) is 1. The van der Waals surface area contributed by atoms with Crippen LogP contribution in [0, 0.1) is 12.8 Å². The Labute approximate surface area is 120 Å². The highest BCUT2D eigenvalue weighted by molar-refractivity contribution is 5.88. The van der Waals surface area contributed by atoms with Crippen LogP contribution in [0.1, 0.15) is 28.3 Å². The van der Waals surface area contributed by atoms with Gasteiger partial charge in [-0.15, -0.1) is 0 Å². The van der Waals surface area contributed by atoms with E-state index in [0.717, 1.165) is 0 Å². The van der Waals surface area contributed by atoms with Crippen molar-refractivity contribution in [2.24, 2.45) is 11.7 Å². The molecule has 1 aromatic rings. The third kappa shape index (κ3) is 3.33. The number of amides is 3. The molecule has 0 aromatic carbocycles. The standard InChI is InChI=1S/C13H17N3O5/c1-7-10(12(18)19)4-9(21-7)5-15-13(20)16-3-2-8(6-16)11(14)17/h4,8H,2-3,5-6H2,1H3,(H2,14,17)(H,15,20)(H,18,19). The van der Waals surface area contributed by atoms with Gasteiger partial charge in [-0.05, 0) is 19.4 Å². The lowest BCUT2D eigenvalue weighted by Gasteiger charge is -2.16. The molecule has 3 amide bonds. The molecule has 2 heterocycles. The second-order valence-electron chi connectivity index (χ2n) is 4.98. The molecule has 0 spiro atoms. The van der Waals surface area contributed by atoms with E-state index in [-0.39, 0.29) is 24.1 Å². The monoisotopic (exact) mass is 295 g/mol. The first-order chi connectivity index (χ1) is 9.88. The molecule has 1 saturated heterocycles. The molecule has 0 radical (unpaired) electrons. The van der Waals surface area contributed by atoms with Crippen LogP contribution in [0.5, 0.6) is 0 Å². The maximum Gasteiger partial charge on any atom is 0.339 e. The van der Waals surface area contributed by atoms with E-state index in [2.05, 4.69) is 5.32 Å². The highest BCUT2D eigenvalue weighted by Crippen LogP contribution is 2.17. The average molecular weight is 295 g/mol. The van der Waals surface area contributed by atoms with Gasteiger partial charge in [0.2, 0.25) is 5.91 Å². The Hall–Kier alpha value is -2.51. The summed E-state index contributed by atoms with van der Waals surface area (Å²) in [5, 5.41) is 11.5. The second-order valence-corrected chi connectivity index (χ2v) is 4.98. The lowest BCUT2D eigenvalue weighted by atomic mass is 10.1. The largest absolute Gasteiger partial charge is 0.478 e. The van der Waals surface area contributed by atoms with E-state index < -0.39 is 11.9 Å². The van der Waals surface area contributed by atoms with Crippen molar-refractivity contribution >= 4 is 17.9 Å². The van der Waals surface area contributed by atoms with Crippen molar-refractivity contribution in [1.82, 2.24) is 10.2 Å². The highest BCUT2D eigenvalue weighted by atomic mass is 16.4. The van der Waals surface area contributed by atoms with Gasteiger partial charge >= 0.3 is 12.0 Å². The summed E-state index contributed by atoms with van der Waals surface area (Å²) in [6.07, 6.45) is 0.561. The van der Waals surface area contributed by atoms with Crippen LogP contribution >= 0.6 is 0 Å². The summed E-state index contributed by atoms with van der Waals surface area (Å²) < 4.78 is 5.26. The molecule has 1 fully saturated rings. The van der Waals surface area contributed by atoms with Gasteiger partial charge in [-0.1, -0.05) is 0 Å². The first-order valence-corrected chi connectivity index (χ1v) is 6.53. The van der Waals surface area contributed by atoms with Gasteiger partial charge in [0.1, 0.15) is 17.1 Å². The summed E-state index contributed by atoms with van der Waals surface area (Å²) >= 11 is 0. The fraction of sp³-hybridized carbons (Fsp3) is 0.462. The molecule has 114 valence electrons. The van der Waals surface area contributed by atoms with E-state index in [1.165, 1.54) is 11.0 Å². The predicted octanol–water partition coefficient (Wildman–Crippen LogP) is 0.303. The molecule has 1 aliphatic heterocycles. The summed E-state index contributed by atoms with van der Waals surface area (Å²) in [5.41, 5.74) is 5.28. The van der Waals surface area contributed by atoms with Gasteiger partial charge in [-0.2, -0.15) is 0 Å². The highest BCUT2D eigenvalue weighted by Gasteiger charge is 2.29. The molecule has 2 rings (SSSR count). The Morgan fingerprint density at radius 2 is 2.24 bits per heavy atom. The summed E-state index contributed by atoms with van der Waals surface area (Å²) in [5.74, 6) is -1.12. The number of primary amides is 1. The Morgan fingerprint density at radius 3 is 2.76 bits per heavy atom. The molecule has 0 bridgehead atoms. The van der Waals surface area contributed by atoms with Crippen LogP contribution in [-0.2, 0) is 11.3 Å². The zero-order valence-corrected chi connectivity index (χ0v) is 11.6. The maximum atomic E-state index is 11.9. The third-order valence-corrected chi connectivity index (χ3v) is 3.49. The lowest BCUT2D eigenvalue weighted by Crippen LogP contribution is -2.39. The van der Waals surface area contributed by atoms with Crippen molar-refractivity contribution in [3.8, 4) is 0 Å². The van der Waals surface area contributed by atoms with Crippen LogP contribution in [0.15, 0.2) is 10.5 Å². The number of hydrogen-bond acceptors (Lipinski definition) is 4. The molecular formula is C13H17N3O5. The average Bonchev–Trinajstić information content (AvgIpc) is 3.02. The summed E-state index contributed by atoms with van der Waals surface area (Å²) in [6.45, 7) is 2.41. The molecule has 1 unspecified atom stereocenters. The van der Waals surface area contributed by atoms with E-state index in [0.29, 0.717) is 31.0 Å². The van der Waals surface area contributed by atoms with Gasteiger partial charge < -0.3 is 25.5 Å². The second kappa shape index (κ2) is 5.86. The van der Waals surface area contributed by atoms with Crippen molar-refractivity contribution in [2.75, 3.05) is 13.1 Å². The zero-order chi connectivity index (χ0) is 15.6. The number of carbonyl (C=O) groups is 3. The Balaban J connectivity index is 1.89. The van der Waals surface area contributed by atoms with Gasteiger partial charge in [0.25, 0.3) is 0 Å². The van der Waals surface area contributed by atoms with Crippen LogP contribution < -0.4 is 11.1 Å². The summed E-state index contributed by atoms with van der Waals surface area (Å²) in [6, 6.07) is 1.05. The van der Waals surface area contributed by atoms with E-state index in [1.54, 1.807) is 6.92 Å². The van der Waals surface area contributed by atoms with Crippen LogP contribution in [0.2, 0.25) is 0 Å². The first-order valence-electron chi connectivity index (χ1n) is 6.53. The van der Waals surface area contributed by atoms with Gasteiger partial charge in [-0.25, -0.2) is 9.59 Å². The van der Waals surface area contributed by atoms with Crippen molar-refractivity contribution in [1.29, 1.82) is 0 Å². The molecule has 1 atom stereocenters. The van der Waals surface area contributed by atoms with E-state index >= 15 is 0 Å². The van der Waals surface area contributed by atoms with Gasteiger partial charge in [0, 0.05) is 13.1 Å². The maximum absolute atomic E-state index is 11.9. The topological polar surface area (TPSA) is 126 Å². The van der Waals surface area contributed by atoms with E-state index in [1.807, 2.05) is 0 Å². The number of rotatable bonds is 4. The number of furan rings is 1. The van der Waals surface area contributed by atoms with Crippen LogP contribution in [0.4, 0.5) is 4.79 Å². The number of urea groups is 1. The number of carbonyl (C=O) groups excluding carboxylic acids is 2. The number of likely N-dealkylation sites (tertiary alicyclic amines) is 1. The van der Waals surface area contributed by atoms with Crippen molar-refractivity contribution < 1.29 is 23.9 Å². The number of aromatic carboxylic acids is 1. The van der Waals surface area contributed by atoms with Gasteiger partial charge in [-0.3, -0.25) is 4.79 Å². The molecule has 1 aromatic heterocycles. The molecule has 0 saturated carbocycles. The third-order valence-electron chi connectivity index (χ3n) is 3.49. The minimum absolute atomic E-state index is 0.0780. The number of hydrogen-bond donors (Lipinski definition) is 3. The first kappa shape index (κ1) is 14.9. The molecule has 8 heteroatoms. The van der Waals surface area contributed by atoms with Crippen molar-refractivity contribution in [3.63, 3.8) is 0 Å². The Morgan fingerprint density at radius 1 is 1.52 bits per heavy atom. The van der Waals surface area contributed by atoms with Gasteiger partial charge in [0.05, 0.1) is 12.5 Å². The molecule has 21 heavy (non-hydrogen) atoms. The molecule has 1 aliphatic rings. The summed E-state index contributed by atoms with van der Waals surface area (Å²) in [7, 11) is 0. The Bertz CT molecular complexity index is 580. The zero-order valence-electron chi connectivity index (χ0n) is 11.6. The smallest absolute Gasteiger partial charge is 0.339 e. The van der Waals surface area contributed by atoms with Crippen LogP contribution in [-0.4, -0.2) is 41.0 Å². The fourth-order valence-corrected chi connectivity index (χ4v) is 2.29. The number of nitrogens with zero attached hydrogens (tertiary/aromatic N) is 1. The minimum atomic E-state index is -1.07. The molecule has 0 aliphatic carbocycles. The normalized spacial score (nSPS) is 17.8. The number of nitrogens with two attached hydrogens (primary N) is 1. The fourth-order valence-electron chi connectivity index (χ4n) is 2.29. The van der Waals surface area contributed by atoms with Crippen LogP contribution in [0.25, 0.3) is 0 Å².